The zero-order valence-corrected chi connectivity index (χ0v) is 10.4. The Kier molecular flexibility index (Phi) is 4.13. The fraction of sp³-hybridized carbons (Fsp3) is 0.571. The van der Waals surface area contributed by atoms with E-state index >= 15 is 0 Å². The summed E-state index contributed by atoms with van der Waals surface area (Å²) in [6.07, 6.45) is 4.36. The molecule has 1 aliphatic carbocycles. The van der Waals surface area contributed by atoms with Crippen molar-refractivity contribution in [3.05, 3.63) is 35.1 Å². The summed E-state index contributed by atoms with van der Waals surface area (Å²) in [7, 11) is 0. The molecule has 0 radical (unpaired) electrons. The van der Waals surface area contributed by atoms with Crippen molar-refractivity contribution in [2.75, 3.05) is 6.54 Å². The van der Waals surface area contributed by atoms with Crippen LogP contribution >= 0.6 is 0 Å². The number of aryl methyl sites for hydroxylation is 1. The first-order valence-electron chi connectivity index (χ1n) is 6.39. The second-order valence-electron chi connectivity index (χ2n) is 5.04. The third-order valence-corrected chi connectivity index (χ3v) is 3.61. The highest BCUT2D eigenvalue weighted by molar-refractivity contribution is 5.26. The minimum atomic E-state index is -0.152. The van der Waals surface area contributed by atoms with E-state index in [9.17, 15) is 4.39 Å². The van der Waals surface area contributed by atoms with Crippen molar-refractivity contribution in [3.8, 4) is 0 Å². The molecule has 2 atom stereocenters. The van der Waals surface area contributed by atoms with E-state index in [4.69, 9.17) is 5.73 Å². The molecule has 2 rings (SSSR count). The lowest BCUT2D eigenvalue weighted by Gasteiger charge is -2.13. The van der Waals surface area contributed by atoms with Gasteiger partial charge in [0.2, 0.25) is 0 Å². The van der Waals surface area contributed by atoms with Crippen molar-refractivity contribution in [3.63, 3.8) is 0 Å². The van der Waals surface area contributed by atoms with E-state index in [0.717, 1.165) is 31.4 Å². The summed E-state index contributed by atoms with van der Waals surface area (Å²) in [5.41, 5.74) is 8.13. The molecule has 1 aliphatic rings. The van der Waals surface area contributed by atoms with Gasteiger partial charge in [-0.15, -0.1) is 0 Å². The van der Waals surface area contributed by atoms with Gasteiger partial charge in [-0.25, -0.2) is 4.39 Å². The molecule has 1 aromatic carbocycles. The standard InChI is InChI=1S/C14H21FN2/c1-10-8-12(15)3-2-11(10)6-7-17-14-5-4-13(16)9-14/h2-3,8,13-14,17H,4-7,9,16H2,1H3. The van der Waals surface area contributed by atoms with E-state index in [1.165, 1.54) is 18.1 Å². The number of hydrogen-bond donors (Lipinski definition) is 2. The van der Waals surface area contributed by atoms with Gasteiger partial charge >= 0.3 is 0 Å². The average molecular weight is 236 g/mol. The van der Waals surface area contributed by atoms with Crippen LogP contribution < -0.4 is 11.1 Å². The molecule has 1 aromatic rings. The summed E-state index contributed by atoms with van der Waals surface area (Å²) in [6.45, 7) is 2.91. The molecule has 2 unspecified atom stereocenters. The molecule has 0 amide bonds. The van der Waals surface area contributed by atoms with Crippen molar-refractivity contribution in [1.82, 2.24) is 5.32 Å². The third-order valence-electron chi connectivity index (χ3n) is 3.61. The molecule has 0 heterocycles. The number of halogens is 1. The third kappa shape index (κ3) is 3.51. The molecule has 1 saturated carbocycles. The van der Waals surface area contributed by atoms with Gasteiger partial charge in [-0.1, -0.05) is 6.07 Å². The molecule has 17 heavy (non-hydrogen) atoms. The zero-order chi connectivity index (χ0) is 12.3. The van der Waals surface area contributed by atoms with Crippen molar-refractivity contribution < 1.29 is 4.39 Å². The first kappa shape index (κ1) is 12.5. The molecule has 0 spiro atoms. The number of rotatable bonds is 4. The number of nitrogens with two attached hydrogens (primary N) is 1. The van der Waals surface area contributed by atoms with E-state index < -0.39 is 0 Å². The van der Waals surface area contributed by atoms with Crippen LogP contribution in [-0.4, -0.2) is 18.6 Å². The van der Waals surface area contributed by atoms with Gasteiger partial charge in [-0.05, 0) is 62.4 Å². The van der Waals surface area contributed by atoms with Crippen LogP contribution in [0.25, 0.3) is 0 Å². The maximum atomic E-state index is 12.9. The molecule has 0 aliphatic heterocycles. The highest BCUT2D eigenvalue weighted by Gasteiger charge is 2.20. The van der Waals surface area contributed by atoms with Crippen molar-refractivity contribution >= 4 is 0 Å². The van der Waals surface area contributed by atoms with Crippen molar-refractivity contribution in [1.29, 1.82) is 0 Å². The second-order valence-corrected chi connectivity index (χ2v) is 5.04. The molecule has 94 valence electrons. The minimum Gasteiger partial charge on any atom is -0.328 e. The van der Waals surface area contributed by atoms with Crippen molar-refractivity contribution in [2.45, 2.75) is 44.7 Å². The van der Waals surface area contributed by atoms with Crippen LogP contribution in [0.15, 0.2) is 18.2 Å². The predicted molar refractivity (Wildman–Crippen MR) is 68.5 cm³/mol. The van der Waals surface area contributed by atoms with Gasteiger partial charge < -0.3 is 11.1 Å². The van der Waals surface area contributed by atoms with E-state index in [1.807, 2.05) is 13.0 Å². The second kappa shape index (κ2) is 5.61. The first-order chi connectivity index (χ1) is 8.15. The molecule has 0 bridgehead atoms. The van der Waals surface area contributed by atoms with Gasteiger partial charge in [0.05, 0.1) is 0 Å². The van der Waals surface area contributed by atoms with Crippen LogP contribution in [0.3, 0.4) is 0 Å². The van der Waals surface area contributed by atoms with Crippen LogP contribution in [0.1, 0.15) is 30.4 Å². The molecule has 0 aromatic heterocycles. The fourth-order valence-electron chi connectivity index (χ4n) is 2.55. The topological polar surface area (TPSA) is 38.0 Å². The smallest absolute Gasteiger partial charge is 0.123 e. The monoisotopic (exact) mass is 236 g/mol. The Morgan fingerprint density at radius 2 is 2.24 bits per heavy atom. The molecule has 0 saturated heterocycles. The summed E-state index contributed by atoms with van der Waals surface area (Å²) in [5, 5.41) is 3.53. The number of benzene rings is 1. The molecular formula is C14H21FN2. The van der Waals surface area contributed by atoms with Crippen LogP contribution in [0.4, 0.5) is 4.39 Å². The summed E-state index contributed by atoms with van der Waals surface area (Å²) in [4.78, 5) is 0. The highest BCUT2D eigenvalue weighted by atomic mass is 19.1. The average Bonchev–Trinajstić information content (AvgIpc) is 2.68. The Morgan fingerprint density at radius 1 is 1.41 bits per heavy atom. The predicted octanol–water partition coefficient (Wildman–Crippen LogP) is 2.15. The summed E-state index contributed by atoms with van der Waals surface area (Å²) >= 11 is 0. The molecule has 2 nitrogen and oxygen atoms in total. The van der Waals surface area contributed by atoms with Crippen LogP contribution in [0.2, 0.25) is 0 Å². The molecular weight excluding hydrogens is 215 g/mol. The normalized spacial score (nSPS) is 24.2. The summed E-state index contributed by atoms with van der Waals surface area (Å²) in [5.74, 6) is -0.152. The van der Waals surface area contributed by atoms with Gasteiger partial charge in [0.25, 0.3) is 0 Å². The molecule has 1 fully saturated rings. The van der Waals surface area contributed by atoms with E-state index in [-0.39, 0.29) is 5.82 Å². The quantitative estimate of drug-likeness (QED) is 0.840. The van der Waals surface area contributed by atoms with Gasteiger partial charge in [0.1, 0.15) is 5.82 Å². The summed E-state index contributed by atoms with van der Waals surface area (Å²) in [6, 6.07) is 5.97. The Morgan fingerprint density at radius 3 is 2.88 bits per heavy atom. The Bertz CT molecular complexity index is 378. The van der Waals surface area contributed by atoms with Crippen LogP contribution in [-0.2, 0) is 6.42 Å². The highest BCUT2D eigenvalue weighted by Crippen LogP contribution is 2.17. The number of hydrogen-bond acceptors (Lipinski definition) is 2. The molecule has 3 N–H and O–H groups in total. The molecule has 3 heteroatoms. The summed E-state index contributed by atoms with van der Waals surface area (Å²) < 4.78 is 12.9. The first-order valence-corrected chi connectivity index (χ1v) is 6.39. The maximum absolute atomic E-state index is 12.9. The maximum Gasteiger partial charge on any atom is 0.123 e. The number of nitrogens with one attached hydrogen (secondary N) is 1. The van der Waals surface area contributed by atoms with E-state index in [0.29, 0.717) is 12.1 Å². The van der Waals surface area contributed by atoms with Gasteiger partial charge in [0.15, 0.2) is 0 Å². The lowest BCUT2D eigenvalue weighted by atomic mass is 10.1. The van der Waals surface area contributed by atoms with E-state index in [2.05, 4.69) is 5.32 Å². The van der Waals surface area contributed by atoms with Crippen LogP contribution in [0.5, 0.6) is 0 Å². The Labute approximate surface area is 102 Å². The largest absolute Gasteiger partial charge is 0.328 e. The fourth-order valence-corrected chi connectivity index (χ4v) is 2.55. The van der Waals surface area contributed by atoms with Gasteiger partial charge in [-0.3, -0.25) is 0 Å². The van der Waals surface area contributed by atoms with E-state index in [1.54, 1.807) is 6.07 Å². The van der Waals surface area contributed by atoms with Gasteiger partial charge in [0, 0.05) is 12.1 Å². The lowest BCUT2D eigenvalue weighted by molar-refractivity contribution is 0.520. The zero-order valence-electron chi connectivity index (χ0n) is 10.4. The van der Waals surface area contributed by atoms with Gasteiger partial charge in [-0.2, -0.15) is 0 Å². The minimum absolute atomic E-state index is 0.152. The Hall–Kier alpha value is -0.930. The lowest BCUT2D eigenvalue weighted by Crippen LogP contribution is -2.30. The van der Waals surface area contributed by atoms with Crippen LogP contribution in [0, 0.1) is 12.7 Å². The Balaban J connectivity index is 1.78. The van der Waals surface area contributed by atoms with Crippen molar-refractivity contribution in [2.24, 2.45) is 5.73 Å². The SMILES string of the molecule is Cc1cc(F)ccc1CCNC1CCC(N)C1.